The van der Waals surface area contributed by atoms with Crippen molar-refractivity contribution in [3.8, 4) is 11.8 Å². The Morgan fingerprint density at radius 2 is 1.91 bits per heavy atom. The topological polar surface area (TPSA) is 9.23 Å². The summed E-state index contributed by atoms with van der Waals surface area (Å²) in [4.78, 5) is 0. The summed E-state index contributed by atoms with van der Waals surface area (Å²) in [6.45, 7) is 7.18. The zero-order valence-electron chi connectivity index (χ0n) is 8.03. The SMILES string of the molecule is COCCCC#CC(C)(C)C. The minimum absolute atomic E-state index is 0.146. The first-order valence-electron chi connectivity index (χ1n) is 4.05. The molecule has 0 aromatic heterocycles. The lowest BCUT2D eigenvalue weighted by Crippen LogP contribution is -1.99. The molecule has 1 nitrogen and oxygen atoms in total. The summed E-state index contributed by atoms with van der Waals surface area (Å²) in [5, 5.41) is 0. The van der Waals surface area contributed by atoms with Gasteiger partial charge in [0, 0.05) is 25.6 Å². The van der Waals surface area contributed by atoms with E-state index in [0.29, 0.717) is 0 Å². The van der Waals surface area contributed by atoms with E-state index in [9.17, 15) is 0 Å². The summed E-state index contributed by atoms with van der Waals surface area (Å²) in [5.41, 5.74) is 0.146. The molecule has 0 radical (unpaired) electrons. The maximum absolute atomic E-state index is 4.91. The number of unbranched alkanes of at least 4 members (excludes halogenated alkanes) is 1. The van der Waals surface area contributed by atoms with Crippen LogP contribution in [0.15, 0.2) is 0 Å². The summed E-state index contributed by atoms with van der Waals surface area (Å²) in [6.07, 6.45) is 1.99. The average molecular weight is 154 g/mol. The standard InChI is InChI=1S/C10H18O/c1-10(2,3)8-6-5-7-9-11-4/h5,7,9H2,1-4H3. The number of rotatable bonds is 3. The molecule has 0 aliphatic rings. The van der Waals surface area contributed by atoms with Crippen LogP contribution in [-0.2, 0) is 4.74 Å². The summed E-state index contributed by atoms with van der Waals surface area (Å²) in [6, 6.07) is 0. The van der Waals surface area contributed by atoms with Gasteiger partial charge < -0.3 is 4.74 Å². The molecule has 0 aliphatic carbocycles. The van der Waals surface area contributed by atoms with E-state index in [4.69, 9.17) is 4.74 Å². The van der Waals surface area contributed by atoms with Crippen LogP contribution in [0.3, 0.4) is 0 Å². The molecule has 0 aromatic carbocycles. The highest BCUT2D eigenvalue weighted by atomic mass is 16.5. The van der Waals surface area contributed by atoms with Gasteiger partial charge in [-0.15, -0.1) is 5.92 Å². The van der Waals surface area contributed by atoms with Crippen LogP contribution < -0.4 is 0 Å². The van der Waals surface area contributed by atoms with Crippen molar-refractivity contribution in [2.75, 3.05) is 13.7 Å². The van der Waals surface area contributed by atoms with Crippen LogP contribution in [0.2, 0.25) is 0 Å². The van der Waals surface area contributed by atoms with Crippen molar-refractivity contribution >= 4 is 0 Å². The highest BCUT2D eigenvalue weighted by Crippen LogP contribution is 2.09. The predicted molar refractivity (Wildman–Crippen MR) is 48.3 cm³/mol. The first-order chi connectivity index (χ1) is 5.06. The van der Waals surface area contributed by atoms with Crippen LogP contribution in [0, 0.1) is 17.3 Å². The fourth-order valence-electron chi connectivity index (χ4n) is 0.633. The van der Waals surface area contributed by atoms with Gasteiger partial charge in [0.25, 0.3) is 0 Å². The van der Waals surface area contributed by atoms with E-state index in [0.717, 1.165) is 19.4 Å². The molecule has 0 saturated heterocycles. The Bertz CT molecular complexity index is 142. The van der Waals surface area contributed by atoms with Gasteiger partial charge in [-0.1, -0.05) is 5.92 Å². The van der Waals surface area contributed by atoms with Crippen molar-refractivity contribution in [1.82, 2.24) is 0 Å². The van der Waals surface area contributed by atoms with E-state index in [-0.39, 0.29) is 5.41 Å². The molecule has 0 aliphatic heterocycles. The minimum atomic E-state index is 0.146. The van der Waals surface area contributed by atoms with Gasteiger partial charge in [-0.3, -0.25) is 0 Å². The summed E-state index contributed by atoms with van der Waals surface area (Å²) in [5.74, 6) is 6.31. The summed E-state index contributed by atoms with van der Waals surface area (Å²) >= 11 is 0. The second-order valence-electron chi connectivity index (χ2n) is 3.65. The maximum atomic E-state index is 4.91. The number of hydrogen-bond acceptors (Lipinski definition) is 1. The molecule has 11 heavy (non-hydrogen) atoms. The largest absolute Gasteiger partial charge is 0.385 e. The van der Waals surface area contributed by atoms with Crippen LogP contribution >= 0.6 is 0 Å². The molecular formula is C10H18O. The monoisotopic (exact) mass is 154 g/mol. The molecule has 0 spiro atoms. The van der Waals surface area contributed by atoms with Crippen molar-refractivity contribution in [3.63, 3.8) is 0 Å². The number of methoxy groups -OCH3 is 1. The molecule has 0 amide bonds. The number of hydrogen-bond donors (Lipinski definition) is 0. The Morgan fingerprint density at radius 1 is 1.27 bits per heavy atom. The predicted octanol–water partition coefficient (Wildman–Crippen LogP) is 2.46. The third-order valence-electron chi connectivity index (χ3n) is 1.11. The Balaban J connectivity index is 3.41. The van der Waals surface area contributed by atoms with Gasteiger partial charge >= 0.3 is 0 Å². The fraction of sp³-hybridized carbons (Fsp3) is 0.800. The van der Waals surface area contributed by atoms with Gasteiger partial charge in [-0.05, 0) is 27.2 Å². The van der Waals surface area contributed by atoms with Crippen LogP contribution in [-0.4, -0.2) is 13.7 Å². The van der Waals surface area contributed by atoms with Crippen molar-refractivity contribution in [3.05, 3.63) is 0 Å². The van der Waals surface area contributed by atoms with Gasteiger partial charge in [0.15, 0.2) is 0 Å². The quantitative estimate of drug-likeness (QED) is 0.448. The Labute approximate surface area is 70.1 Å². The molecule has 0 rings (SSSR count). The highest BCUT2D eigenvalue weighted by Gasteiger charge is 2.02. The van der Waals surface area contributed by atoms with Crippen LogP contribution in [0.5, 0.6) is 0 Å². The first kappa shape index (κ1) is 10.5. The molecule has 0 aromatic rings. The van der Waals surface area contributed by atoms with Crippen molar-refractivity contribution in [2.45, 2.75) is 33.6 Å². The van der Waals surface area contributed by atoms with Gasteiger partial charge in [0.2, 0.25) is 0 Å². The van der Waals surface area contributed by atoms with E-state index < -0.39 is 0 Å². The van der Waals surface area contributed by atoms with Gasteiger partial charge in [0.1, 0.15) is 0 Å². The fourth-order valence-corrected chi connectivity index (χ4v) is 0.633. The van der Waals surface area contributed by atoms with Crippen LogP contribution in [0.25, 0.3) is 0 Å². The smallest absolute Gasteiger partial charge is 0.0471 e. The Kier molecular flexibility index (Phi) is 4.98. The van der Waals surface area contributed by atoms with Crippen molar-refractivity contribution in [2.24, 2.45) is 5.41 Å². The number of ether oxygens (including phenoxy) is 1. The first-order valence-corrected chi connectivity index (χ1v) is 4.05. The molecule has 0 N–H and O–H groups in total. The average Bonchev–Trinajstić information content (AvgIpc) is 1.85. The van der Waals surface area contributed by atoms with Crippen LogP contribution in [0.1, 0.15) is 33.6 Å². The van der Waals surface area contributed by atoms with E-state index in [2.05, 4.69) is 32.6 Å². The van der Waals surface area contributed by atoms with E-state index in [1.54, 1.807) is 7.11 Å². The maximum Gasteiger partial charge on any atom is 0.0471 e. The molecule has 0 unspecified atom stereocenters. The highest BCUT2D eigenvalue weighted by molar-refractivity contribution is 5.06. The molecule has 0 fully saturated rings. The molecule has 0 bridgehead atoms. The van der Waals surface area contributed by atoms with E-state index in [1.807, 2.05) is 0 Å². The summed E-state index contributed by atoms with van der Waals surface area (Å²) in [7, 11) is 1.72. The van der Waals surface area contributed by atoms with Gasteiger partial charge in [-0.25, -0.2) is 0 Å². The van der Waals surface area contributed by atoms with Crippen LogP contribution in [0.4, 0.5) is 0 Å². The molecule has 1 heteroatoms. The van der Waals surface area contributed by atoms with Gasteiger partial charge in [0.05, 0.1) is 0 Å². The Morgan fingerprint density at radius 3 is 2.36 bits per heavy atom. The van der Waals surface area contributed by atoms with Gasteiger partial charge in [-0.2, -0.15) is 0 Å². The molecule has 0 atom stereocenters. The summed E-state index contributed by atoms with van der Waals surface area (Å²) < 4.78 is 4.91. The van der Waals surface area contributed by atoms with Crippen molar-refractivity contribution < 1.29 is 4.74 Å². The lowest BCUT2D eigenvalue weighted by Gasteiger charge is -2.06. The Hall–Kier alpha value is -0.480. The lowest BCUT2D eigenvalue weighted by molar-refractivity contribution is 0.196. The third kappa shape index (κ3) is 9.52. The second-order valence-corrected chi connectivity index (χ2v) is 3.65. The zero-order valence-corrected chi connectivity index (χ0v) is 8.03. The molecular weight excluding hydrogens is 136 g/mol. The molecule has 64 valence electrons. The molecule has 0 heterocycles. The second kappa shape index (κ2) is 5.21. The van der Waals surface area contributed by atoms with E-state index >= 15 is 0 Å². The normalized spacial score (nSPS) is 10.5. The zero-order chi connectivity index (χ0) is 8.74. The van der Waals surface area contributed by atoms with E-state index in [1.165, 1.54) is 0 Å². The lowest BCUT2D eigenvalue weighted by atomic mass is 9.98. The minimum Gasteiger partial charge on any atom is -0.385 e. The molecule has 0 saturated carbocycles. The third-order valence-corrected chi connectivity index (χ3v) is 1.11. The van der Waals surface area contributed by atoms with Crippen molar-refractivity contribution in [1.29, 1.82) is 0 Å².